The zero-order chi connectivity index (χ0) is 12.7. The van der Waals surface area contributed by atoms with Gasteiger partial charge in [-0.3, -0.25) is 4.90 Å². The van der Waals surface area contributed by atoms with Crippen LogP contribution in [0.5, 0.6) is 0 Å². The van der Waals surface area contributed by atoms with Gasteiger partial charge in [-0.25, -0.2) is 0 Å². The van der Waals surface area contributed by atoms with Crippen molar-refractivity contribution in [1.82, 2.24) is 4.90 Å². The molecule has 0 radical (unpaired) electrons. The van der Waals surface area contributed by atoms with Crippen LogP contribution in [0.3, 0.4) is 0 Å². The summed E-state index contributed by atoms with van der Waals surface area (Å²) in [5.41, 5.74) is 6.30. The normalized spacial score (nSPS) is 29.8. The Kier molecular flexibility index (Phi) is 6.45. The minimum atomic E-state index is 0.220. The zero-order valence-corrected chi connectivity index (χ0v) is 11.6. The molecule has 0 heterocycles. The molecule has 3 heteroatoms. The number of rotatable bonds is 7. The molecule has 0 saturated heterocycles. The molecule has 0 aromatic rings. The molecule has 0 aliphatic heterocycles. The van der Waals surface area contributed by atoms with Crippen LogP contribution in [0.4, 0.5) is 0 Å². The molecule has 1 aliphatic carbocycles. The number of hydrogen-bond acceptors (Lipinski definition) is 3. The molecule has 0 spiro atoms. The Morgan fingerprint density at radius 3 is 2.41 bits per heavy atom. The van der Waals surface area contributed by atoms with Crippen LogP contribution in [0.2, 0.25) is 0 Å². The number of aliphatic hydroxyl groups excluding tert-OH is 1. The van der Waals surface area contributed by atoms with Crippen molar-refractivity contribution in [2.45, 2.75) is 57.9 Å². The lowest BCUT2D eigenvalue weighted by molar-refractivity contribution is 0.0396. The van der Waals surface area contributed by atoms with Gasteiger partial charge in [0.2, 0.25) is 0 Å². The first-order valence-corrected chi connectivity index (χ1v) is 7.24. The number of hydrogen-bond donors (Lipinski definition) is 2. The van der Waals surface area contributed by atoms with E-state index in [1.165, 1.54) is 32.1 Å². The molecular weight excluding hydrogens is 212 g/mol. The van der Waals surface area contributed by atoms with Crippen molar-refractivity contribution in [1.29, 1.82) is 0 Å². The largest absolute Gasteiger partial charge is 0.396 e. The van der Waals surface area contributed by atoms with Gasteiger partial charge in [-0.15, -0.1) is 0 Å². The molecule has 1 aliphatic rings. The minimum absolute atomic E-state index is 0.220. The molecule has 0 aromatic heterocycles. The Hall–Kier alpha value is -0.120. The molecule has 0 atom stereocenters. The van der Waals surface area contributed by atoms with E-state index in [2.05, 4.69) is 18.7 Å². The third-order valence-corrected chi connectivity index (χ3v) is 4.34. The summed E-state index contributed by atoms with van der Waals surface area (Å²) < 4.78 is 0. The fourth-order valence-electron chi connectivity index (χ4n) is 3.07. The Morgan fingerprint density at radius 1 is 1.29 bits per heavy atom. The van der Waals surface area contributed by atoms with Crippen LogP contribution in [-0.4, -0.2) is 41.8 Å². The molecule has 1 rings (SSSR count). The smallest absolute Gasteiger partial charge is 0.0443 e. The second-order valence-electron chi connectivity index (χ2n) is 5.68. The summed E-state index contributed by atoms with van der Waals surface area (Å²) in [5.74, 6) is 0.857. The van der Waals surface area contributed by atoms with E-state index in [1.54, 1.807) is 0 Å². The Labute approximate surface area is 106 Å². The van der Waals surface area contributed by atoms with Gasteiger partial charge in [0.05, 0.1) is 0 Å². The lowest BCUT2D eigenvalue weighted by atomic mass is 9.76. The fourth-order valence-corrected chi connectivity index (χ4v) is 3.07. The average molecular weight is 242 g/mol. The quantitative estimate of drug-likeness (QED) is 0.718. The molecule has 102 valence electrons. The van der Waals surface area contributed by atoms with Gasteiger partial charge in [-0.05, 0) is 51.0 Å². The highest BCUT2D eigenvalue weighted by Gasteiger charge is 2.37. The maximum absolute atomic E-state index is 9.02. The summed E-state index contributed by atoms with van der Waals surface area (Å²) in [7, 11) is 0. The van der Waals surface area contributed by atoms with Gasteiger partial charge in [0.25, 0.3) is 0 Å². The van der Waals surface area contributed by atoms with Crippen LogP contribution in [0.25, 0.3) is 0 Å². The molecule has 3 nitrogen and oxygen atoms in total. The average Bonchev–Trinajstić information content (AvgIpc) is 2.36. The van der Waals surface area contributed by atoms with E-state index in [4.69, 9.17) is 10.8 Å². The highest BCUT2D eigenvalue weighted by atomic mass is 16.3. The standard InChI is InChI=1S/C14H30N2O/c1-3-9-16(10-4-11-17)14(12-15)7-5-13(2)6-8-14/h13,17H,3-12,15H2,1-2H3. The van der Waals surface area contributed by atoms with E-state index in [0.717, 1.165) is 32.0 Å². The second-order valence-corrected chi connectivity index (χ2v) is 5.68. The van der Waals surface area contributed by atoms with Crippen molar-refractivity contribution in [3.05, 3.63) is 0 Å². The zero-order valence-electron chi connectivity index (χ0n) is 11.6. The summed E-state index contributed by atoms with van der Waals surface area (Å²) in [5, 5.41) is 9.02. The van der Waals surface area contributed by atoms with Crippen LogP contribution < -0.4 is 5.73 Å². The number of nitrogens with zero attached hydrogens (tertiary/aromatic N) is 1. The van der Waals surface area contributed by atoms with Crippen LogP contribution in [0.15, 0.2) is 0 Å². The molecule has 17 heavy (non-hydrogen) atoms. The monoisotopic (exact) mass is 242 g/mol. The summed E-state index contributed by atoms with van der Waals surface area (Å²) in [6.45, 7) is 7.74. The molecule has 0 bridgehead atoms. The number of nitrogens with two attached hydrogens (primary N) is 1. The van der Waals surface area contributed by atoms with Crippen molar-refractivity contribution in [2.24, 2.45) is 11.7 Å². The van der Waals surface area contributed by atoms with Crippen molar-refractivity contribution in [3.63, 3.8) is 0 Å². The fraction of sp³-hybridized carbons (Fsp3) is 1.00. The maximum Gasteiger partial charge on any atom is 0.0443 e. The van der Waals surface area contributed by atoms with Gasteiger partial charge in [0.15, 0.2) is 0 Å². The van der Waals surface area contributed by atoms with Gasteiger partial charge in [-0.1, -0.05) is 13.8 Å². The lowest BCUT2D eigenvalue weighted by Crippen LogP contribution is -2.56. The lowest BCUT2D eigenvalue weighted by Gasteiger charge is -2.47. The predicted molar refractivity (Wildman–Crippen MR) is 73.0 cm³/mol. The second kappa shape index (κ2) is 7.34. The van der Waals surface area contributed by atoms with Crippen LogP contribution >= 0.6 is 0 Å². The van der Waals surface area contributed by atoms with Gasteiger partial charge >= 0.3 is 0 Å². The van der Waals surface area contributed by atoms with E-state index in [-0.39, 0.29) is 12.1 Å². The summed E-state index contributed by atoms with van der Waals surface area (Å²) in [6.07, 6.45) is 7.11. The van der Waals surface area contributed by atoms with Gasteiger partial charge in [0.1, 0.15) is 0 Å². The van der Waals surface area contributed by atoms with Gasteiger partial charge in [0, 0.05) is 25.2 Å². The first-order valence-electron chi connectivity index (χ1n) is 7.24. The summed E-state index contributed by atoms with van der Waals surface area (Å²) in [4.78, 5) is 2.55. The number of aliphatic hydroxyl groups is 1. The van der Waals surface area contributed by atoms with Crippen molar-refractivity contribution < 1.29 is 5.11 Å². The van der Waals surface area contributed by atoms with E-state index in [0.29, 0.717) is 0 Å². The SMILES string of the molecule is CCCN(CCCO)C1(CN)CCC(C)CC1. The topological polar surface area (TPSA) is 49.5 Å². The Bertz CT molecular complexity index is 200. The molecule has 0 amide bonds. The van der Waals surface area contributed by atoms with E-state index < -0.39 is 0 Å². The van der Waals surface area contributed by atoms with E-state index >= 15 is 0 Å². The van der Waals surface area contributed by atoms with Crippen LogP contribution in [0.1, 0.15) is 52.4 Å². The van der Waals surface area contributed by atoms with Crippen molar-refractivity contribution in [2.75, 3.05) is 26.2 Å². The van der Waals surface area contributed by atoms with Crippen molar-refractivity contribution >= 4 is 0 Å². The Morgan fingerprint density at radius 2 is 1.94 bits per heavy atom. The summed E-state index contributed by atoms with van der Waals surface area (Å²) in [6, 6.07) is 0. The third-order valence-electron chi connectivity index (χ3n) is 4.34. The van der Waals surface area contributed by atoms with Gasteiger partial charge < -0.3 is 10.8 Å². The highest BCUT2D eigenvalue weighted by Crippen LogP contribution is 2.36. The minimum Gasteiger partial charge on any atom is -0.396 e. The van der Waals surface area contributed by atoms with E-state index in [1.807, 2.05) is 0 Å². The first kappa shape index (κ1) is 14.9. The van der Waals surface area contributed by atoms with Crippen LogP contribution in [0, 0.1) is 5.92 Å². The molecule has 0 aromatic carbocycles. The van der Waals surface area contributed by atoms with Crippen molar-refractivity contribution in [3.8, 4) is 0 Å². The third kappa shape index (κ3) is 3.94. The van der Waals surface area contributed by atoms with Gasteiger partial charge in [-0.2, -0.15) is 0 Å². The maximum atomic E-state index is 9.02. The molecular formula is C14H30N2O. The van der Waals surface area contributed by atoms with E-state index in [9.17, 15) is 0 Å². The van der Waals surface area contributed by atoms with Crippen LogP contribution in [-0.2, 0) is 0 Å². The first-order chi connectivity index (χ1) is 8.18. The highest BCUT2D eigenvalue weighted by molar-refractivity contribution is 4.95. The molecule has 1 saturated carbocycles. The molecule has 1 fully saturated rings. The summed E-state index contributed by atoms with van der Waals surface area (Å²) >= 11 is 0. The Balaban J connectivity index is 2.65. The predicted octanol–water partition coefficient (Wildman–Crippen LogP) is 1.99. The molecule has 3 N–H and O–H groups in total. The molecule has 0 unspecified atom stereocenters.